The molecule has 0 fully saturated rings. The van der Waals surface area contributed by atoms with Crippen LogP contribution in [-0.2, 0) is 0 Å². The van der Waals surface area contributed by atoms with Gasteiger partial charge in [0.25, 0.3) is 0 Å². The van der Waals surface area contributed by atoms with Crippen LogP contribution in [0, 0.1) is 6.92 Å². The highest BCUT2D eigenvalue weighted by atomic mass is 16.3. The number of anilines is 1. The molecule has 1 rings (SSSR count). The molecule has 4 heteroatoms. The van der Waals surface area contributed by atoms with E-state index in [2.05, 4.69) is 5.32 Å². The van der Waals surface area contributed by atoms with Crippen molar-refractivity contribution in [2.45, 2.75) is 26.4 Å². The highest BCUT2D eigenvalue weighted by Crippen LogP contribution is 2.10. The van der Waals surface area contributed by atoms with Gasteiger partial charge in [-0.1, -0.05) is 17.7 Å². The van der Waals surface area contributed by atoms with Crippen LogP contribution in [-0.4, -0.2) is 35.2 Å². The Hall–Kier alpha value is -1.55. The predicted octanol–water partition coefficient (Wildman–Crippen LogP) is 2.23. The molecule has 94 valence electrons. The Morgan fingerprint density at radius 1 is 1.35 bits per heavy atom. The van der Waals surface area contributed by atoms with Crippen molar-refractivity contribution >= 4 is 11.7 Å². The molecule has 0 spiro atoms. The molecule has 0 saturated heterocycles. The van der Waals surface area contributed by atoms with Crippen LogP contribution in [0.5, 0.6) is 0 Å². The first-order valence-electron chi connectivity index (χ1n) is 5.59. The zero-order chi connectivity index (χ0) is 13.1. The van der Waals surface area contributed by atoms with Gasteiger partial charge in [0.1, 0.15) is 0 Å². The number of likely N-dealkylation sites (N-methyl/N-ethyl adjacent to an activating group) is 1. The van der Waals surface area contributed by atoms with Crippen molar-refractivity contribution < 1.29 is 9.90 Å². The maximum Gasteiger partial charge on any atom is 0.321 e. The van der Waals surface area contributed by atoms with Gasteiger partial charge < -0.3 is 15.3 Å². The van der Waals surface area contributed by atoms with Crippen molar-refractivity contribution in [3.63, 3.8) is 0 Å². The molecule has 0 aliphatic heterocycles. The summed E-state index contributed by atoms with van der Waals surface area (Å²) >= 11 is 0. The van der Waals surface area contributed by atoms with Crippen molar-refractivity contribution in [1.29, 1.82) is 0 Å². The first kappa shape index (κ1) is 13.5. The molecular formula is C13H20N2O2. The van der Waals surface area contributed by atoms with Crippen molar-refractivity contribution in [2.24, 2.45) is 0 Å². The van der Waals surface area contributed by atoms with Gasteiger partial charge in [0.15, 0.2) is 0 Å². The Kier molecular flexibility index (Phi) is 4.12. The monoisotopic (exact) mass is 236 g/mol. The second-order valence-corrected chi connectivity index (χ2v) is 4.96. The van der Waals surface area contributed by atoms with Crippen molar-refractivity contribution in [1.82, 2.24) is 4.90 Å². The van der Waals surface area contributed by atoms with Crippen molar-refractivity contribution in [3.05, 3.63) is 29.8 Å². The van der Waals surface area contributed by atoms with Crippen LogP contribution in [0.2, 0.25) is 0 Å². The summed E-state index contributed by atoms with van der Waals surface area (Å²) in [7, 11) is 1.65. The molecule has 0 saturated carbocycles. The number of carbonyl (C=O) groups excluding carboxylic acids is 1. The number of aliphatic hydroxyl groups is 1. The van der Waals surface area contributed by atoms with E-state index in [9.17, 15) is 9.90 Å². The maximum absolute atomic E-state index is 11.8. The first-order chi connectivity index (χ1) is 7.78. The number of aryl methyl sites for hydroxylation is 1. The Bertz CT molecular complexity index is 379. The zero-order valence-corrected chi connectivity index (χ0v) is 10.8. The number of urea groups is 1. The number of nitrogens with one attached hydrogen (secondary N) is 1. The second kappa shape index (κ2) is 5.19. The summed E-state index contributed by atoms with van der Waals surface area (Å²) in [5.41, 5.74) is 1.01. The van der Waals surface area contributed by atoms with Gasteiger partial charge in [0, 0.05) is 12.7 Å². The minimum absolute atomic E-state index is 0.226. The van der Waals surface area contributed by atoms with E-state index in [4.69, 9.17) is 0 Å². The summed E-state index contributed by atoms with van der Waals surface area (Å²) in [5.74, 6) is 0. The normalized spacial score (nSPS) is 11.1. The lowest BCUT2D eigenvalue weighted by atomic mass is 10.1. The van der Waals surface area contributed by atoms with E-state index in [0.717, 1.165) is 11.3 Å². The SMILES string of the molecule is Cc1ccc(NC(=O)N(C)CC(C)(C)O)cc1. The fourth-order valence-electron chi connectivity index (χ4n) is 1.51. The Morgan fingerprint density at radius 3 is 2.35 bits per heavy atom. The van der Waals surface area contributed by atoms with Gasteiger partial charge in [0.05, 0.1) is 12.1 Å². The Labute approximate surface area is 102 Å². The van der Waals surface area contributed by atoms with Crippen LogP contribution in [0.15, 0.2) is 24.3 Å². The third-order valence-electron chi connectivity index (χ3n) is 2.27. The molecule has 1 aromatic carbocycles. The van der Waals surface area contributed by atoms with E-state index in [0.29, 0.717) is 0 Å². The number of hydrogen-bond acceptors (Lipinski definition) is 2. The fourth-order valence-corrected chi connectivity index (χ4v) is 1.51. The van der Waals surface area contributed by atoms with Gasteiger partial charge in [0.2, 0.25) is 0 Å². The van der Waals surface area contributed by atoms with Gasteiger partial charge in [-0.25, -0.2) is 4.79 Å². The number of benzene rings is 1. The minimum atomic E-state index is -0.890. The number of amides is 2. The number of rotatable bonds is 3. The van der Waals surface area contributed by atoms with Gasteiger partial charge in [-0.2, -0.15) is 0 Å². The molecule has 2 amide bonds. The Balaban J connectivity index is 2.57. The number of hydrogen-bond donors (Lipinski definition) is 2. The van der Waals surface area contributed by atoms with Crippen LogP contribution in [0.1, 0.15) is 19.4 Å². The Morgan fingerprint density at radius 2 is 1.88 bits per heavy atom. The lowest BCUT2D eigenvalue weighted by molar-refractivity contribution is 0.0550. The van der Waals surface area contributed by atoms with E-state index in [1.807, 2.05) is 31.2 Å². The summed E-state index contributed by atoms with van der Waals surface area (Å²) in [5, 5.41) is 12.4. The summed E-state index contributed by atoms with van der Waals surface area (Å²) in [6.45, 7) is 5.61. The zero-order valence-electron chi connectivity index (χ0n) is 10.8. The summed E-state index contributed by atoms with van der Waals surface area (Å²) in [6, 6.07) is 7.35. The molecular weight excluding hydrogens is 216 g/mol. The molecule has 17 heavy (non-hydrogen) atoms. The second-order valence-electron chi connectivity index (χ2n) is 4.96. The van der Waals surface area contributed by atoms with Crippen LogP contribution in [0.3, 0.4) is 0 Å². The number of carbonyl (C=O) groups is 1. The van der Waals surface area contributed by atoms with Crippen LogP contribution >= 0.6 is 0 Å². The van der Waals surface area contributed by atoms with Crippen LogP contribution in [0.4, 0.5) is 10.5 Å². The molecule has 2 N–H and O–H groups in total. The first-order valence-corrected chi connectivity index (χ1v) is 5.59. The van der Waals surface area contributed by atoms with Gasteiger partial charge >= 0.3 is 6.03 Å². The molecule has 4 nitrogen and oxygen atoms in total. The maximum atomic E-state index is 11.8. The molecule has 0 radical (unpaired) electrons. The third kappa shape index (κ3) is 4.87. The van der Waals surface area contributed by atoms with Gasteiger partial charge in [-0.15, -0.1) is 0 Å². The standard InChI is InChI=1S/C13H20N2O2/c1-10-5-7-11(8-6-10)14-12(16)15(4)9-13(2,3)17/h5-8,17H,9H2,1-4H3,(H,14,16). The van der Waals surface area contributed by atoms with Crippen LogP contribution in [0.25, 0.3) is 0 Å². The molecule has 0 aliphatic carbocycles. The molecule has 0 aliphatic rings. The van der Waals surface area contributed by atoms with E-state index < -0.39 is 5.60 Å². The summed E-state index contributed by atoms with van der Waals surface area (Å²) in [4.78, 5) is 13.2. The molecule has 0 unspecified atom stereocenters. The fraction of sp³-hybridized carbons (Fsp3) is 0.462. The molecule has 0 atom stereocenters. The summed E-state index contributed by atoms with van der Waals surface area (Å²) < 4.78 is 0. The van der Waals surface area contributed by atoms with Crippen LogP contribution < -0.4 is 5.32 Å². The van der Waals surface area contributed by atoms with Gasteiger partial charge in [-0.05, 0) is 32.9 Å². The lowest BCUT2D eigenvalue weighted by Crippen LogP contribution is -2.41. The van der Waals surface area contributed by atoms with E-state index in [1.165, 1.54) is 4.90 Å². The molecule has 0 aromatic heterocycles. The summed E-state index contributed by atoms with van der Waals surface area (Å²) in [6.07, 6.45) is 0. The smallest absolute Gasteiger partial charge is 0.321 e. The highest BCUT2D eigenvalue weighted by Gasteiger charge is 2.19. The largest absolute Gasteiger partial charge is 0.389 e. The van der Waals surface area contributed by atoms with E-state index >= 15 is 0 Å². The van der Waals surface area contributed by atoms with Crippen molar-refractivity contribution in [3.8, 4) is 0 Å². The average Bonchev–Trinajstić information content (AvgIpc) is 2.19. The minimum Gasteiger partial charge on any atom is -0.389 e. The third-order valence-corrected chi connectivity index (χ3v) is 2.27. The van der Waals surface area contributed by atoms with Gasteiger partial charge in [-0.3, -0.25) is 0 Å². The van der Waals surface area contributed by atoms with E-state index in [1.54, 1.807) is 20.9 Å². The lowest BCUT2D eigenvalue weighted by Gasteiger charge is -2.25. The highest BCUT2D eigenvalue weighted by molar-refractivity contribution is 5.89. The number of nitrogens with zero attached hydrogens (tertiary/aromatic N) is 1. The average molecular weight is 236 g/mol. The van der Waals surface area contributed by atoms with Crippen molar-refractivity contribution in [2.75, 3.05) is 18.9 Å². The molecule has 1 aromatic rings. The van der Waals surface area contributed by atoms with E-state index in [-0.39, 0.29) is 12.6 Å². The predicted molar refractivity (Wildman–Crippen MR) is 69.1 cm³/mol. The molecule has 0 bridgehead atoms. The molecule has 0 heterocycles. The topological polar surface area (TPSA) is 52.6 Å². The quantitative estimate of drug-likeness (QED) is 0.845.